The van der Waals surface area contributed by atoms with Crippen LogP contribution in [-0.4, -0.2) is 18.0 Å². The summed E-state index contributed by atoms with van der Waals surface area (Å²) in [5.74, 6) is 0. The molecule has 0 aliphatic rings. The Kier molecular flexibility index (Phi) is 5.10. The zero-order chi connectivity index (χ0) is 17.0. The maximum absolute atomic E-state index is 12.0. The molecule has 2 aromatic heterocycles. The van der Waals surface area contributed by atoms with Gasteiger partial charge in [-0.2, -0.15) is 9.46 Å². The Morgan fingerprint density at radius 2 is 1.17 bits per heavy atom. The molecule has 0 unspecified atom stereocenters. The Bertz CT molecular complexity index is 701. The fourth-order valence-electron chi connectivity index (χ4n) is 2.39. The number of hydrogen-bond acceptors (Lipinski definition) is 4. The smallest absolute Gasteiger partial charge is 0.420 e. The van der Waals surface area contributed by atoms with Crippen molar-refractivity contribution in [1.82, 2.24) is 9.46 Å². The highest BCUT2D eigenvalue weighted by Gasteiger charge is 2.52. The van der Waals surface area contributed by atoms with Gasteiger partial charge in [0.15, 0.2) is 0 Å². The van der Waals surface area contributed by atoms with Gasteiger partial charge < -0.3 is 9.05 Å². The van der Waals surface area contributed by atoms with Crippen LogP contribution in [0.2, 0.25) is 11.1 Å². The average Bonchev–Trinajstić information content (AvgIpc) is 2.50. The first kappa shape index (κ1) is 17.1. The van der Waals surface area contributed by atoms with E-state index in [2.05, 4.69) is 0 Å². The van der Waals surface area contributed by atoms with Crippen molar-refractivity contribution >= 4 is 8.56 Å². The maximum atomic E-state index is 12.0. The van der Waals surface area contributed by atoms with Crippen molar-refractivity contribution in [3.63, 3.8) is 0 Å². The minimum Gasteiger partial charge on any atom is -0.420 e. The summed E-state index contributed by atoms with van der Waals surface area (Å²) in [4.78, 5) is 24.0. The molecule has 0 spiro atoms. The van der Waals surface area contributed by atoms with Gasteiger partial charge in [-0.05, 0) is 12.1 Å². The van der Waals surface area contributed by atoms with Crippen molar-refractivity contribution in [2.75, 3.05) is 0 Å². The van der Waals surface area contributed by atoms with E-state index >= 15 is 0 Å². The van der Waals surface area contributed by atoms with Gasteiger partial charge >= 0.3 is 8.56 Å². The van der Waals surface area contributed by atoms with Gasteiger partial charge in [-0.3, -0.25) is 9.59 Å². The van der Waals surface area contributed by atoms with E-state index < -0.39 is 8.56 Å². The van der Waals surface area contributed by atoms with Crippen LogP contribution < -0.4 is 20.2 Å². The second kappa shape index (κ2) is 6.87. The van der Waals surface area contributed by atoms with Crippen molar-refractivity contribution in [2.45, 2.75) is 38.8 Å². The second-order valence-electron chi connectivity index (χ2n) is 5.94. The molecule has 23 heavy (non-hydrogen) atoms. The third-order valence-electron chi connectivity index (χ3n) is 3.67. The van der Waals surface area contributed by atoms with Crippen molar-refractivity contribution < 1.29 is 9.05 Å². The molecule has 2 rings (SSSR count). The van der Waals surface area contributed by atoms with Crippen LogP contribution in [0.5, 0.6) is 0 Å². The largest absolute Gasteiger partial charge is 0.510 e. The molecule has 0 aromatic carbocycles. The molecule has 0 aliphatic carbocycles. The molecule has 2 heterocycles. The highest BCUT2D eigenvalue weighted by molar-refractivity contribution is 6.70. The first-order valence-electron chi connectivity index (χ1n) is 7.61. The Hall–Kier alpha value is -2.28. The van der Waals surface area contributed by atoms with Crippen molar-refractivity contribution in [3.05, 3.63) is 69.5 Å². The van der Waals surface area contributed by atoms with E-state index in [0.717, 1.165) is 0 Å². The summed E-state index contributed by atoms with van der Waals surface area (Å²) in [6.45, 7) is 7.92. The predicted octanol–water partition coefficient (Wildman–Crippen LogP) is 1.83. The molecule has 2 aromatic rings. The van der Waals surface area contributed by atoms with Crippen LogP contribution in [0.4, 0.5) is 0 Å². The van der Waals surface area contributed by atoms with Gasteiger partial charge in [0.1, 0.15) is 0 Å². The number of nitrogens with zero attached hydrogens (tertiary/aromatic N) is 2. The molecule has 0 bridgehead atoms. The summed E-state index contributed by atoms with van der Waals surface area (Å²) in [5, 5.41) is 0. The predicted molar refractivity (Wildman–Crippen MR) is 90.5 cm³/mol. The van der Waals surface area contributed by atoms with E-state index in [9.17, 15) is 9.59 Å². The van der Waals surface area contributed by atoms with Crippen LogP contribution in [0.1, 0.15) is 27.7 Å². The van der Waals surface area contributed by atoms with Gasteiger partial charge in [-0.1, -0.05) is 39.8 Å². The molecule has 0 fully saturated rings. The Morgan fingerprint density at radius 3 is 1.48 bits per heavy atom. The molecule has 0 saturated heterocycles. The van der Waals surface area contributed by atoms with Gasteiger partial charge in [0.25, 0.3) is 11.1 Å². The zero-order valence-electron chi connectivity index (χ0n) is 13.8. The normalized spacial score (nSPS) is 11.7. The fraction of sp³-hybridized carbons (Fsp3) is 0.375. The van der Waals surface area contributed by atoms with E-state index in [1.807, 2.05) is 27.7 Å². The summed E-state index contributed by atoms with van der Waals surface area (Å²) >= 11 is 0. The summed E-state index contributed by atoms with van der Waals surface area (Å²) in [6.07, 6.45) is 3.12. The van der Waals surface area contributed by atoms with E-state index in [4.69, 9.17) is 9.05 Å². The third-order valence-corrected chi connectivity index (χ3v) is 7.85. The SMILES string of the molecule is CC(C)[Si](On1ccccc1=O)(On1ccccc1=O)C(C)C. The van der Waals surface area contributed by atoms with E-state index in [0.29, 0.717) is 0 Å². The minimum absolute atomic E-state index is 0.0155. The van der Waals surface area contributed by atoms with Gasteiger partial charge in [0, 0.05) is 35.6 Å². The zero-order valence-corrected chi connectivity index (χ0v) is 14.8. The van der Waals surface area contributed by atoms with Gasteiger partial charge in [-0.15, -0.1) is 0 Å². The highest BCUT2D eigenvalue weighted by atomic mass is 28.4. The molecule has 0 amide bonds. The quantitative estimate of drug-likeness (QED) is 0.756. The average molecular weight is 334 g/mol. The second-order valence-corrected chi connectivity index (χ2v) is 10.1. The Morgan fingerprint density at radius 1 is 0.783 bits per heavy atom. The fourth-order valence-corrected chi connectivity index (χ4v) is 5.51. The van der Waals surface area contributed by atoms with Crippen LogP contribution in [-0.2, 0) is 0 Å². The van der Waals surface area contributed by atoms with Crippen LogP contribution in [0.15, 0.2) is 58.4 Å². The molecule has 124 valence electrons. The lowest BCUT2D eigenvalue weighted by atomic mass is 10.5. The van der Waals surface area contributed by atoms with Crippen molar-refractivity contribution in [3.8, 4) is 0 Å². The molecule has 0 atom stereocenters. The molecule has 7 heteroatoms. The van der Waals surface area contributed by atoms with E-state index in [1.165, 1.54) is 21.6 Å². The monoisotopic (exact) mass is 334 g/mol. The topological polar surface area (TPSA) is 62.5 Å². The van der Waals surface area contributed by atoms with Gasteiger partial charge in [-0.25, -0.2) is 0 Å². The number of pyridine rings is 2. The lowest BCUT2D eigenvalue weighted by Crippen LogP contribution is -2.62. The highest BCUT2D eigenvalue weighted by Crippen LogP contribution is 2.30. The first-order chi connectivity index (χ1) is 10.9. The lowest BCUT2D eigenvalue weighted by molar-refractivity contribution is 0.116. The molecule has 0 N–H and O–H groups in total. The molecule has 0 aliphatic heterocycles. The number of rotatable bonds is 6. The standard InChI is InChI=1S/C16H22N2O4Si/c1-13(2)23(14(3)4,21-17-11-7-5-9-15(17)19)22-18-12-8-6-10-16(18)20/h5-14H,1-4H3. The van der Waals surface area contributed by atoms with Crippen LogP contribution in [0, 0.1) is 0 Å². The van der Waals surface area contributed by atoms with Crippen molar-refractivity contribution in [2.24, 2.45) is 0 Å². The lowest BCUT2D eigenvalue weighted by Gasteiger charge is -2.36. The molecule has 6 nitrogen and oxygen atoms in total. The van der Waals surface area contributed by atoms with E-state index in [-0.39, 0.29) is 22.2 Å². The van der Waals surface area contributed by atoms with Crippen molar-refractivity contribution in [1.29, 1.82) is 0 Å². The summed E-state index contributed by atoms with van der Waals surface area (Å²) in [5.41, 5.74) is -0.507. The summed E-state index contributed by atoms with van der Waals surface area (Å²) in [6, 6.07) is 9.59. The number of aromatic nitrogens is 2. The van der Waals surface area contributed by atoms with E-state index in [1.54, 1.807) is 36.7 Å². The molecular weight excluding hydrogens is 312 g/mol. The van der Waals surface area contributed by atoms with Crippen LogP contribution >= 0.6 is 0 Å². The van der Waals surface area contributed by atoms with Gasteiger partial charge in [0.05, 0.1) is 0 Å². The molecule has 0 saturated carbocycles. The Labute approximate surface area is 136 Å². The van der Waals surface area contributed by atoms with Crippen LogP contribution in [0.25, 0.3) is 0 Å². The van der Waals surface area contributed by atoms with Crippen LogP contribution in [0.3, 0.4) is 0 Å². The summed E-state index contributed by atoms with van der Waals surface area (Å²) in [7, 11) is -2.97. The molecular formula is C16H22N2O4Si. The molecule has 0 radical (unpaired) electrons. The summed E-state index contributed by atoms with van der Waals surface area (Å²) < 4.78 is 14.5. The van der Waals surface area contributed by atoms with Gasteiger partial charge in [0.2, 0.25) is 0 Å². The third kappa shape index (κ3) is 3.56. The first-order valence-corrected chi connectivity index (χ1v) is 9.58. The number of hydrogen-bond donors (Lipinski definition) is 0. The minimum atomic E-state index is -2.97. The Balaban J connectivity index is 2.48. The maximum Gasteiger partial charge on any atom is 0.510 e.